The van der Waals surface area contributed by atoms with Gasteiger partial charge in [0, 0.05) is 23.3 Å². The highest BCUT2D eigenvalue weighted by Gasteiger charge is 2.12. The van der Waals surface area contributed by atoms with Crippen molar-refractivity contribution < 1.29 is 9.47 Å². The zero-order valence-electron chi connectivity index (χ0n) is 15.0. The van der Waals surface area contributed by atoms with E-state index in [9.17, 15) is 0 Å². The van der Waals surface area contributed by atoms with Crippen molar-refractivity contribution in [1.82, 2.24) is 10.6 Å². The molecule has 0 atom stereocenters. The van der Waals surface area contributed by atoms with Gasteiger partial charge in [0.2, 0.25) is 0 Å². The quantitative estimate of drug-likeness (QED) is 0.562. The number of aryl methyl sites for hydroxylation is 1. The molecule has 25 heavy (non-hydrogen) atoms. The van der Waals surface area contributed by atoms with Gasteiger partial charge in [-0.05, 0) is 43.7 Å². The molecular formula is C18H24ClN3O2S. The highest BCUT2D eigenvalue weighted by Crippen LogP contribution is 2.36. The van der Waals surface area contributed by atoms with Crippen LogP contribution >= 0.6 is 22.9 Å². The number of guanidine groups is 1. The van der Waals surface area contributed by atoms with Crippen LogP contribution in [-0.2, 0) is 13.1 Å². The molecule has 0 spiro atoms. The van der Waals surface area contributed by atoms with Crippen molar-refractivity contribution in [3.63, 3.8) is 0 Å². The SMILES string of the molecule is CCOc1c(Cl)cc(CNC(=NC)NCc2ccc(C)s2)cc1OC. The third-order valence-corrected chi connectivity index (χ3v) is 4.77. The van der Waals surface area contributed by atoms with E-state index < -0.39 is 0 Å². The molecule has 0 fully saturated rings. The number of benzene rings is 1. The molecule has 0 saturated carbocycles. The van der Waals surface area contributed by atoms with E-state index in [2.05, 4.69) is 34.7 Å². The molecule has 0 aliphatic carbocycles. The molecular weight excluding hydrogens is 358 g/mol. The topological polar surface area (TPSA) is 54.9 Å². The van der Waals surface area contributed by atoms with E-state index in [1.807, 2.05) is 19.1 Å². The Balaban J connectivity index is 1.97. The molecule has 7 heteroatoms. The first kappa shape index (κ1) is 19.4. The van der Waals surface area contributed by atoms with Gasteiger partial charge >= 0.3 is 0 Å². The van der Waals surface area contributed by atoms with E-state index in [-0.39, 0.29) is 0 Å². The normalized spacial score (nSPS) is 11.3. The molecule has 0 radical (unpaired) electrons. The lowest BCUT2D eigenvalue weighted by atomic mass is 10.2. The fraction of sp³-hybridized carbons (Fsp3) is 0.389. The average Bonchev–Trinajstić information content (AvgIpc) is 3.02. The van der Waals surface area contributed by atoms with Gasteiger partial charge in [0.1, 0.15) is 0 Å². The predicted octanol–water partition coefficient (Wildman–Crippen LogP) is 3.98. The summed E-state index contributed by atoms with van der Waals surface area (Å²) >= 11 is 8.08. The lowest BCUT2D eigenvalue weighted by molar-refractivity contribution is 0.311. The second kappa shape index (κ2) is 9.53. The lowest BCUT2D eigenvalue weighted by Crippen LogP contribution is -2.36. The number of aliphatic imine (C=N–C) groups is 1. The molecule has 5 nitrogen and oxygen atoms in total. The maximum atomic E-state index is 6.31. The largest absolute Gasteiger partial charge is 0.493 e. The van der Waals surface area contributed by atoms with E-state index in [0.717, 1.165) is 18.1 Å². The second-order valence-corrected chi connectivity index (χ2v) is 7.11. The van der Waals surface area contributed by atoms with Gasteiger partial charge in [-0.3, -0.25) is 4.99 Å². The van der Waals surface area contributed by atoms with Gasteiger partial charge < -0.3 is 20.1 Å². The minimum Gasteiger partial charge on any atom is -0.493 e. The molecule has 0 bridgehead atoms. The van der Waals surface area contributed by atoms with Crippen molar-refractivity contribution in [1.29, 1.82) is 0 Å². The van der Waals surface area contributed by atoms with Crippen molar-refractivity contribution in [2.24, 2.45) is 4.99 Å². The summed E-state index contributed by atoms with van der Waals surface area (Å²) in [5.41, 5.74) is 0.986. The van der Waals surface area contributed by atoms with Crippen molar-refractivity contribution in [3.8, 4) is 11.5 Å². The average molecular weight is 382 g/mol. The van der Waals surface area contributed by atoms with Crippen LogP contribution in [0.1, 0.15) is 22.2 Å². The molecule has 0 aliphatic rings. The third-order valence-electron chi connectivity index (χ3n) is 3.49. The van der Waals surface area contributed by atoms with Crippen molar-refractivity contribution in [2.45, 2.75) is 26.9 Å². The van der Waals surface area contributed by atoms with Crippen LogP contribution in [-0.4, -0.2) is 26.7 Å². The first-order valence-corrected chi connectivity index (χ1v) is 9.25. The molecule has 1 heterocycles. The Kier molecular flexibility index (Phi) is 7.40. The monoisotopic (exact) mass is 381 g/mol. The molecule has 0 aliphatic heterocycles. The molecule has 2 aromatic rings. The molecule has 1 aromatic heterocycles. The highest BCUT2D eigenvalue weighted by atomic mass is 35.5. The van der Waals surface area contributed by atoms with E-state index in [1.54, 1.807) is 25.5 Å². The number of halogens is 1. The Morgan fingerprint density at radius 2 is 2.00 bits per heavy atom. The van der Waals surface area contributed by atoms with Crippen LogP contribution in [0.4, 0.5) is 0 Å². The predicted molar refractivity (Wildman–Crippen MR) is 105 cm³/mol. The highest BCUT2D eigenvalue weighted by molar-refractivity contribution is 7.11. The maximum absolute atomic E-state index is 6.31. The summed E-state index contributed by atoms with van der Waals surface area (Å²) in [4.78, 5) is 6.82. The van der Waals surface area contributed by atoms with E-state index >= 15 is 0 Å². The zero-order valence-corrected chi connectivity index (χ0v) is 16.6. The Bertz CT molecular complexity index is 731. The molecule has 136 valence electrons. The number of hydrogen-bond acceptors (Lipinski definition) is 4. The van der Waals surface area contributed by atoms with Gasteiger partial charge in [-0.1, -0.05) is 11.6 Å². The Hall–Kier alpha value is -1.92. The molecule has 0 saturated heterocycles. The number of rotatable bonds is 7. The van der Waals surface area contributed by atoms with Crippen LogP contribution in [0, 0.1) is 6.92 Å². The summed E-state index contributed by atoms with van der Waals surface area (Å²) < 4.78 is 10.9. The second-order valence-electron chi connectivity index (χ2n) is 5.33. The Morgan fingerprint density at radius 1 is 1.24 bits per heavy atom. The summed E-state index contributed by atoms with van der Waals surface area (Å²) in [6.45, 7) is 5.86. The Morgan fingerprint density at radius 3 is 2.60 bits per heavy atom. The fourth-order valence-electron chi connectivity index (χ4n) is 2.32. The third kappa shape index (κ3) is 5.54. The van der Waals surface area contributed by atoms with Crippen LogP contribution < -0.4 is 20.1 Å². The lowest BCUT2D eigenvalue weighted by Gasteiger charge is -2.15. The van der Waals surface area contributed by atoms with Crippen LogP contribution in [0.25, 0.3) is 0 Å². The van der Waals surface area contributed by atoms with Crippen LogP contribution in [0.5, 0.6) is 11.5 Å². The minimum atomic E-state index is 0.534. The molecule has 0 unspecified atom stereocenters. The van der Waals surface area contributed by atoms with E-state index in [1.165, 1.54) is 9.75 Å². The zero-order chi connectivity index (χ0) is 18.2. The number of nitrogens with one attached hydrogen (secondary N) is 2. The summed E-state index contributed by atoms with van der Waals surface area (Å²) in [5.74, 6) is 1.93. The van der Waals surface area contributed by atoms with Crippen molar-refractivity contribution in [3.05, 3.63) is 44.6 Å². The number of ether oxygens (including phenoxy) is 2. The summed E-state index contributed by atoms with van der Waals surface area (Å²) in [6, 6.07) is 8.03. The first-order valence-electron chi connectivity index (χ1n) is 8.06. The van der Waals surface area contributed by atoms with Gasteiger partial charge in [0.25, 0.3) is 0 Å². The van der Waals surface area contributed by atoms with E-state index in [4.69, 9.17) is 21.1 Å². The molecule has 2 rings (SSSR count). The smallest absolute Gasteiger partial charge is 0.191 e. The van der Waals surface area contributed by atoms with Crippen LogP contribution in [0.2, 0.25) is 5.02 Å². The van der Waals surface area contributed by atoms with Gasteiger partial charge in [0.15, 0.2) is 17.5 Å². The molecule has 1 aromatic carbocycles. The van der Waals surface area contributed by atoms with Gasteiger partial charge in [0.05, 0.1) is 25.3 Å². The van der Waals surface area contributed by atoms with Crippen LogP contribution in [0.3, 0.4) is 0 Å². The fourth-order valence-corrected chi connectivity index (χ4v) is 3.43. The maximum Gasteiger partial charge on any atom is 0.191 e. The van der Waals surface area contributed by atoms with Crippen molar-refractivity contribution in [2.75, 3.05) is 20.8 Å². The molecule has 2 N–H and O–H groups in total. The Labute approximate surface area is 158 Å². The standard InChI is InChI=1S/C18H24ClN3O2S/c1-5-24-17-15(19)8-13(9-16(17)23-4)10-21-18(20-3)22-11-14-7-6-12(2)25-14/h6-9H,5,10-11H2,1-4H3,(H2,20,21,22). The number of nitrogens with zero attached hydrogens (tertiary/aromatic N) is 1. The summed E-state index contributed by atoms with van der Waals surface area (Å²) in [6.07, 6.45) is 0. The van der Waals surface area contributed by atoms with Gasteiger partial charge in [-0.15, -0.1) is 11.3 Å². The van der Waals surface area contributed by atoms with Crippen LogP contribution in [0.15, 0.2) is 29.3 Å². The van der Waals surface area contributed by atoms with Crippen molar-refractivity contribution >= 4 is 28.9 Å². The number of thiophene rings is 1. The number of methoxy groups -OCH3 is 1. The van der Waals surface area contributed by atoms with E-state index in [0.29, 0.717) is 29.7 Å². The number of hydrogen-bond donors (Lipinski definition) is 2. The van der Waals surface area contributed by atoms with Gasteiger partial charge in [-0.2, -0.15) is 0 Å². The summed E-state index contributed by atoms with van der Waals surface area (Å²) in [5, 5.41) is 7.12. The molecule has 0 amide bonds. The first-order chi connectivity index (χ1) is 12.1. The van der Waals surface area contributed by atoms with Gasteiger partial charge in [-0.25, -0.2) is 0 Å². The minimum absolute atomic E-state index is 0.534. The summed E-state index contributed by atoms with van der Waals surface area (Å²) in [7, 11) is 3.36.